The molecule has 26 heavy (non-hydrogen) atoms. The number of nitrogens with zero attached hydrogens (tertiary/aromatic N) is 4. The van der Waals surface area contributed by atoms with Crippen LogP contribution >= 0.6 is 0 Å². The zero-order valence-corrected chi connectivity index (χ0v) is 14.9. The molecule has 4 rings (SSSR count). The molecule has 1 aliphatic carbocycles. The number of carbonyl (C=O) groups excluding carboxylic acids is 1. The number of rotatable bonds is 4. The van der Waals surface area contributed by atoms with Gasteiger partial charge in [0.25, 0.3) is 5.91 Å². The third kappa shape index (κ3) is 3.81. The third-order valence-corrected chi connectivity index (χ3v) is 5.25. The van der Waals surface area contributed by atoms with Crippen LogP contribution < -0.4 is 4.74 Å². The number of hydrogen-bond donors (Lipinski definition) is 0. The summed E-state index contributed by atoms with van der Waals surface area (Å²) in [5.41, 5.74) is 0.480. The average Bonchev–Trinajstić information content (AvgIpc) is 3.43. The van der Waals surface area contributed by atoms with Crippen molar-refractivity contribution < 1.29 is 14.3 Å². The zero-order chi connectivity index (χ0) is 17.9. The molecule has 0 N–H and O–H groups in total. The predicted molar refractivity (Wildman–Crippen MR) is 93.9 cm³/mol. The molecule has 1 aromatic rings. The molecular weight excluding hydrogens is 332 g/mol. The van der Waals surface area contributed by atoms with E-state index in [0.29, 0.717) is 24.7 Å². The number of amides is 1. The van der Waals surface area contributed by atoms with Crippen molar-refractivity contribution in [3.05, 3.63) is 23.5 Å². The van der Waals surface area contributed by atoms with Gasteiger partial charge >= 0.3 is 0 Å². The number of hydrogen-bond acceptors (Lipinski definition) is 6. The maximum absolute atomic E-state index is 12.8. The number of nitriles is 1. The molecule has 3 heterocycles. The largest absolute Gasteiger partial charge is 0.485 e. The van der Waals surface area contributed by atoms with Crippen LogP contribution in [0.3, 0.4) is 0 Å². The van der Waals surface area contributed by atoms with Crippen LogP contribution in [0.15, 0.2) is 12.1 Å². The first-order valence-corrected chi connectivity index (χ1v) is 9.43. The molecular formula is C19H24N4O3. The molecule has 2 saturated heterocycles. The molecule has 1 saturated carbocycles. The van der Waals surface area contributed by atoms with E-state index in [0.717, 1.165) is 45.1 Å². The Kier molecular flexibility index (Phi) is 5.05. The van der Waals surface area contributed by atoms with Gasteiger partial charge in [-0.2, -0.15) is 5.26 Å². The maximum atomic E-state index is 12.8. The van der Waals surface area contributed by atoms with E-state index in [1.807, 2.05) is 4.90 Å². The van der Waals surface area contributed by atoms with Crippen molar-refractivity contribution in [2.45, 2.75) is 37.8 Å². The van der Waals surface area contributed by atoms with Crippen LogP contribution in [-0.4, -0.2) is 72.2 Å². The first-order chi connectivity index (χ1) is 12.7. The molecule has 2 aliphatic heterocycles. The van der Waals surface area contributed by atoms with Gasteiger partial charge in [0.2, 0.25) is 0 Å². The molecule has 3 aliphatic rings. The van der Waals surface area contributed by atoms with Crippen LogP contribution in [0.2, 0.25) is 0 Å². The van der Waals surface area contributed by atoms with Gasteiger partial charge in [-0.25, -0.2) is 4.98 Å². The number of ether oxygens (including phenoxy) is 2. The molecule has 1 amide bonds. The summed E-state index contributed by atoms with van der Waals surface area (Å²) < 4.78 is 11.1. The van der Waals surface area contributed by atoms with Gasteiger partial charge in [0, 0.05) is 38.6 Å². The summed E-state index contributed by atoms with van der Waals surface area (Å²) in [6.45, 7) is 4.63. The minimum atomic E-state index is -0.102. The van der Waals surface area contributed by atoms with Crippen molar-refractivity contribution in [3.8, 4) is 11.8 Å². The topological polar surface area (TPSA) is 78.7 Å². The molecule has 3 fully saturated rings. The second-order valence-electron chi connectivity index (χ2n) is 7.17. The molecule has 0 bridgehead atoms. The fraction of sp³-hybridized carbons (Fsp3) is 0.632. The Morgan fingerprint density at radius 2 is 2.12 bits per heavy atom. The van der Waals surface area contributed by atoms with Crippen LogP contribution in [-0.2, 0) is 4.74 Å². The summed E-state index contributed by atoms with van der Waals surface area (Å²) in [4.78, 5) is 21.5. The highest BCUT2D eigenvalue weighted by Crippen LogP contribution is 2.28. The van der Waals surface area contributed by atoms with Crippen molar-refractivity contribution >= 4 is 5.91 Å². The molecule has 1 unspecified atom stereocenters. The quantitative estimate of drug-likeness (QED) is 0.812. The van der Waals surface area contributed by atoms with Crippen molar-refractivity contribution in [3.63, 3.8) is 0 Å². The number of aromatic nitrogens is 1. The van der Waals surface area contributed by atoms with Gasteiger partial charge < -0.3 is 14.4 Å². The maximum Gasteiger partial charge on any atom is 0.272 e. The van der Waals surface area contributed by atoms with Crippen molar-refractivity contribution in [1.82, 2.24) is 14.8 Å². The molecule has 7 heteroatoms. The van der Waals surface area contributed by atoms with E-state index in [2.05, 4.69) is 16.0 Å². The fourth-order valence-electron chi connectivity index (χ4n) is 3.63. The Labute approximate surface area is 153 Å². The second kappa shape index (κ2) is 7.60. The van der Waals surface area contributed by atoms with Gasteiger partial charge in [-0.3, -0.25) is 9.69 Å². The smallest absolute Gasteiger partial charge is 0.272 e. The van der Waals surface area contributed by atoms with Crippen molar-refractivity contribution in [2.75, 3.05) is 39.4 Å². The zero-order valence-electron chi connectivity index (χ0n) is 14.9. The summed E-state index contributed by atoms with van der Waals surface area (Å²) in [6.07, 6.45) is 4.31. The minimum absolute atomic E-state index is 0.0514. The SMILES string of the molecule is N#Cc1nc(C(=O)N2CCCN(C3CC3)CC2)ccc1OC1CCOC1. The van der Waals surface area contributed by atoms with Crippen molar-refractivity contribution in [2.24, 2.45) is 0 Å². The molecule has 0 radical (unpaired) electrons. The molecule has 1 aromatic heterocycles. The Morgan fingerprint density at radius 3 is 2.85 bits per heavy atom. The van der Waals surface area contributed by atoms with Gasteiger partial charge in [0.15, 0.2) is 11.4 Å². The molecule has 0 spiro atoms. The van der Waals surface area contributed by atoms with Gasteiger partial charge in [-0.1, -0.05) is 0 Å². The number of carbonyl (C=O) groups is 1. The Morgan fingerprint density at radius 1 is 1.23 bits per heavy atom. The van der Waals surface area contributed by atoms with E-state index in [4.69, 9.17) is 9.47 Å². The lowest BCUT2D eigenvalue weighted by Crippen LogP contribution is -2.36. The predicted octanol–water partition coefficient (Wildman–Crippen LogP) is 1.43. The van der Waals surface area contributed by atoms with E-state index in [9.17, 15) is 10.1 Å². The fourth-order valence-corrected chi connectivity index (χ4v) is 3.63. The average molecular weight is 356 g/mol. The highest BCUT2D eigenvalue weighted by molar-refractivity contribution is 5.92. The standard InChI is InChI=1S/C19H24N4O3/c20-12-17-18(26-15-6-11-25-13-15)5-4-16(21-17)19(24)23-8-1-7-22(9-10-23)14-2-3-14/h4-5,14-15H,1-3,6-11,13H2. The van der Waals surface area contributed by atoms with E-state index in [1.165, 1.54) is 12.8 Å². The highest BCUT2D eigenvalue weighted by atomic mass is 16.5. The van der Waals surface area contributed by atoms with Gasteiger partial charge in [-0.05, 0) is 31.4 Å². The summed E-state index contributed by atoms with van der Waals surface area (Å²) in [7, 11) is 0. The van der Waals surface area contributed by atoms with Crippen LogP contribution in [0.5, 0.6) is 5.75 Å². The molecule has 7 nitrogen and oxygen atoms in total. The Bertz CT molecular complexity index is 707. The van der Waals surface area contributed by atoms with Crippen LogP contribution in [0, 0.1) is 11.3 Å². The van der Waals surface area contributed by atoms with E-state index in [1.54, 1.807) is 12.1 Å². The van der Waals surface area contributed by atoms with Crippen LogP contribution in [0.1, 0.15) is 41.9 Å². The van der Waals surface area contributed by atoms with Crippen LogP contribution in [0.4, 0.5) is 0 Å². The molecule has 138 valence electrons. The summed E-state index contributed by atoms with van der Waals surface area (Å²) in [6, 6.07) is 6.13. The lowest BCUT2D eigenvalue weighted by atomic mass is 10.2. The normalized spacial score (nSPS) is 24.1. The first-order valence-electron chi connectivity index (χ1n) is 9.43. The minimum Gasteiger partial charge on any atom is -0.485 e. The van der Waals surface area contributed by atoms with Gasteiger partial charge in [-0.15, -0.1) is 0 Å². The van der Waals surface area contributed by atoms with Gasteiger partial charge in [0.1, 0.15) is 17.9 Å². The van der Waals surface area contributed by atoms with Crippen LogP contribution in [0.25, 0.3) is 0 Å². The highest BCUT2D eigenvalue weighted by Gasteiger charge is 2.31. The van der Waals surface area contributed by atoms with Crippen molar-refractivity contribution in [1.29, 1.82) is 5.26 Å². The van der Waals surface area contributed by atoms with E-state index >= 15 is 0 Å². The molecule has 1 atom stereocenters. The lowest BCUT2D eigenvalue weighted by molar-refractivity contribution is 0.0754. The number of pyridine rings is 1. The first kappa shape index (κ1) is 17.3. The monoisotopic (exact) mass is 356 g/mol. The van der Waals surface area contributed by atoms with E-state index in [-0.39, 0.29) is 17.7 Å². The van der Waals surface area contributed by atoms with E-state index < -0.39 is 0 Å². The Balaban J connectivity index is 1.44. The summed E-state index contributed by atoms with van der Waals surface area (Å²) in [5, 5.41) is 9.40. The lowest BCUT2D eigenvalue weighted by Gasteiger charge is -2.21. The summed E-state index contributed by atoms with van der Waals surface area (Å²) in [5.74, 6) is 0.324. The Hall–Kier alpha value is -2.17. The third-order valence-electron chi connectivity index (χ3n) is 5.25. The summed E-state index contributed by atoms with van der Waals surface area (Å²) >= 11 is 0. The molecule has 0 aromatic carbocycles. The van der Waals surface area contributed by atoms with Gasteiger partial charge in [0.05, 0.1) is 13.2 Å². The second-order valence-corrected chi connectivity index (χ2v) is 7.17.